The number of nitrogens with one attached hydrogen (secondary N) is 1. The van der Waals surface area contributed by atoms with Gasteiger partial charge in [-0.3, -0.25) is 0 Å². The number of anilines is 1. The van der Waals surface area contributed by atoms with E-state index in [4.69, 9.17) is 17.3 Å². The predicted octanol–water partition coefficient (Wildman–Crippen LogP) is 5.43. The molecule has 0 aliphatic carbocycles. The highest BCUT2D eigenvalue weighted by Crippen LogP contribution is 2.33. The summed E-state index contributed by atoms with van der Waals surface area (Å²) < 4.78 is 2.16. The average molecular weight is 382 g/mol. The van der Waals surface area contributed by atoms with Crippen LogP contribution in [0.5, 0.6) is 0 Å². The Morgan fingerprint density at radius 1 is 1.24 bits per heavy atom. The van der Waals surface area contributed by atoms with Gasteiger partial charge in [-0.25, -0.2) is 0 Å². The van der Waals surface area contributed by atoms with Crippen LogP contribution in [-0.2, 0) is 0 Å². The highest BCUT2D eigenvalue weighted by molar-refractivity contribution is 9.10. The molecule has 1 aromatic heterocycles. The van der Waals surface area contributed by atoms with Gasteiger partial charge < -0.3 is 11.1 Å². The van der Waals surface area contributed by atoms with Gasteiger partial charge in [0, 0.05) is 21.4 Å². The van der Waals surface area contributed by atoms with Crippen LogP contribution < -0.4 is 11.1 Å². The van der Waals surface area contributed by atoms with Crippen LogP contribution >= 0.6 is 38.9 Å². The number of thiophene rings is 1. The first-order valence-corrected chi connectivity index (χ1v) is 8.62. The molecule has 108 valence electrons. The largest absolute Gasteiger partial charge is 0.377 e. The minimum Gasteiger partial charge on any atom is -0.377 e. The molecule has 0 fully saturated rings. The van der Waals surface area contributed by atoms with Crippen molar-refractivity contribution in [1.82, 2.24) is 0 Å². The summed E-state index contributed by atoms with van der Waals surface area (Å²) in [7, 11) is 0. The summed E-state index contributed by atoms with van der Waals surface area (Å²) in [5.74, 6) is 0. The normalized spacial score (nSPS) is 12.5. The molecular weight excluding hydrogens is 368 g/mol. The van der Waals surface area contributed by atoms with E-state index in [1.165, 1.54) is 15.6 Å². The number of benzene rings is 2. The van der Waals surface area contributed by atoms with Crippen LogP contribution in [0.15, 0.2) is 52.3 Å². The lowest BCUT2D eigenvalue weighted by Crippen LogP contribution is -2.20. The summed E-state index contributed by atoms with van der Waals surface area (Å²) in [5, 5.41) is 7.63. The Balaban J connectivity index is 1.93. The molecule has 0 aliphatic rings. The van der Waals surface area contributed by atoms with Gasteiger partial charge in [0.2, 0.25) is 0 Å². The Morgan fingerprint density at radius 3 is 2.81 bits per heavy atom. The van der Waals surface area contributed by atoms with E-state index in [1.807, 2.05) is 18.2 Å². The fraction of sp³-hybridized carbons (Fsp3) is 0.125. The van der Waals surface area contributed by atoms with Crippen LogP contribution in [0.2, 0.25) is 5.02 Å². The summed E-state index contributed by atoms with van der Waals surface area (Å²) in [6.45, 7) is 0.529. The van der Waals surface area contributed by atoms with Gasteiger partial charge in [-0.2, -0.15) is 0 Å². The molecule has 1 unspecified atom stereocenters. The van der Waals surface area contributed by atoms with Crippen LogP contribution in [0.1, 0.15) is 11.6 Å². The lowest BCUT2D eigenvalue weighted by molar-refractivity contribution is 0.799. The number of hydrogen-bond donors (Lipinski definition) is 2. The second kappa shape index (κ2) is 6.36. The summed E-state index contributed by atoms with van der Waals surface area (Å²) in [6, 6.07) is 14.3. The molecule has 0 saturated carbocycles. The lowest BCUT2D eigenvalue weighted by atomic mass is 10.1. The first kappa shape index (κ1) is 14.9. The second-order valence-electron chi connectivity index (χ2n) is 4.75. The fourth-order valence-corrected chi connectivity index (χ4v) is 3.83. The molecule has 1 heterocycles. The van der Waals surface area contributed by atoms with Gasteiger partial charge in [0.05, 0.1) is 11.1 Å². The summed E-state index contributed by atoms with van der Waals surface area (Å²) >= 11 is 11.2. The van der Waals surface area contributed by atoms with Gasteiger partial charge in [0.25, 0.3) is 0 Å². The van der Waals surface area contributed by atoms with Crippen LogP contribution in [0, 0.1) is 0 Å². The molecule has 0 saturated heterocycles. The van der Waals surface area contributed by atoms with Crippen molar-refractivity contribution in [3.63, 3.8) is 0 Å². The molecule has 2 aromatic carbocycles. The second-order valence-corrected chi connectivity index (χ2v) is 6.92. The summed E-state index contributed by atoms with van der Waals surface area (Å²) in [6.07, 6.45) is 0. The zero-order valence-corrected chi connectivity index (χ0v) is 14.3. The standard InChI is InChI=1S/C16H14BrClN2S/c17-13-7-10(5-6-14(13)18)20-15(8-19)12-9-21-16-4-2-1-3-11(12)16/h1-7,9,15,20H,8,19H2. The monoisotopic (exact) mass is 380 g/mol. The van der Waals surface area contributed by atoms with Crippen molar-refractivity contribution in [2.75, 3.05) is 11.9 Å². The maximum absolute atomic E-state index is 6.03. The smallest absolute Gasteiger partial charge is 0.0650 e. The van der Waals surface area contributed by atoms with Crippen molar-refractivity contribution < 1.29 is 0 Å². The number of halogens is 2. The number of fused-ring (bicyclic) bond motifs is 1. The Hall–Kier alpha value is -1.07. The third kappa shape index (κ3) is 3.09. The molecule has 0 spiro atoms. The van der Waals surface area contributed by atoms with E-state index < -0.39 is 0 Å². The van der Waals surface area contributed by atoms with Crippen molar-refractivity contribution in [3.05, 3.63) is 62.9 Å². The van der Waals surface area contributed by atoms with Crippen molar-refractivity contribution >= 4 is 54.6 Å². The fourth-order valence-electron chi connectivity index (χ4n) is 2.32. The SMILES string of the molecule is NCC(Nc1ccc(Cl)c(Br)c1)c1csc2ccccc12. The topological polar surface area (TPSA) is 38.0 Å². The Morgan fingerprint density at radius 2 is 2.05 bits per heavy atom. The van der Waals surface area contributed by atoms with Gasteiger partial charge >= 0.3 is 0 Å². The molecule has 0 radical (unpaired) electrons. The zero-order chi connectivity index (χ0) is 14.8. The van der Waals surface area contributed by atoms with Crippen molar-refractivity contribution in [1.29, 1.82) is 0 Å². The predicted molar refractivity (Wildman–Crippen MR) is 96.4 cm³/mol. The van der Waals surface area contributed by atoms with Gasteiger partial charge in [0.15, 0.2) is 0 Å². The van der Waals surface area contributed by atoms with Gasteiger partial charge in [-0.15, -0.1) is 11.3 Å². The molecule has 21 heavy (non-hydrogen) atoms. The molecule has 3 N–H and O–H groups in total. The minimum atomic E-state index is 0.0780. The van der Waals surface area contributed by atoms with Gasteiger partial charge in [-0.05, 0) is 56.5 Å². The van der Waals surface area contributed by atoms with E-state index in [0.717, 1.165) is 10.2 Å². The average Bonchev–Trinajstić information content (AvgIpc) is 2.92. The third-order valence-electron chi connectivity index (χ3n) is 3.38. The molecule has 5 heteroatoms. The van der Waals surface area contributed by atoms with Gasteiger partial charge in [-0.1, -0.05) is 29.8 Å². The van der Waals surface area contributed by atoms with Crippen LogP contribution in [0.25, 0.3) is 10.1 Å². The van der Waals surface area contributed by atoms with Crippen molar-refractivity contribution in [3.8, 4) is 0 Å². The van der Waals surface area contributed by atoms with Crippen molar-refractivity contribution in [2.24, 2.45) is 5.73 Å². The molecule has 3 aromatic rings. The quantitative estimate of drug-likeness (QED) is 0.632. The number of rotatable bonds is 4. The highest BCUT2D eigenvalue weighted by atomic mass is 79.9. The maximum Gasteiger partial charge on any atom is 0.0650 e. The lowest BCUT2D eigenvalue weighted by Gasteiger charge is -2.18. The number of nitrogens with two attached hydrogens (primary N) is 1. The Labute approximate surface area is 141 Å². The van der Waals surface area contributed by atoms with E-state index >= 15 is 0 Å². The van der Waals surface area contributed by atoms with E-state index in [9.17, 15) is 0 Å². The minimum absolute atomic E-state index is 0.0780. The molecule has 0 aliphatic heterocycles. The first-order valence-electron chi connectivity index (χ1n) is 6.57. The summed E-state index contributed by atoms with van der Waals surface area (Å²) in [5.41, 5.74) is 8.21. The zero-order valence-electron chi connectivity index (χ0n) is 11.1. The van der Waals surface area contributed by atoms with Crippen molar-refractivity contribution in [2.45, 2.75) is 6.04 Å². The third-order valence-corrected chi connectivity index (χ3v) is 5.58. The summed E-state index contributed by atoms with van der Waals surface area (Å²) in [4.78, 5) is 0. The van der Waals surface area contributed by atoms with E-state index in [-0.39, 0.29) is 6.04 Å². The Kier molecular flexibility index (Phi) is 4.50. The molecular formula is C16H14BrClN2S. The van der Waals surface area contributed by atoms with E-state index in [0.29, 0.717) is 11.6 Å². The maximum atomic E-state index is 6.03. The molecule has 1 atom stereocenters. The number of hydrogen-bond acceptors (Lipinski definition) is 3. The molecule has 3 rings (SSSR count). The van der Waals surface area contributed by atoms with Crippen LogP contribution in [0.3, 0.4) is 0 Å². The van der Waals surface area contributed by atoms with Gasteiger partial charge in [0.1, 0.15) is 0 Å². The van der Waals surface area contributed by atoms with E-state index in [1.54, 1.807) is 11.3 Å². The molecule has 0 bridgehead atoms. The van der Waals surface area contributed by atoms with Crippen LogP contribution in [0.4, 0.5) is 5.69 Å². The highest BCUT2D eigenvalue weighted by Gasteiger charge is 2.14. The van der Waals surface area contributed by atoms with Crippen LogP contribution in [-0.4, -0.2) is 6.54 Å². The Bertz CT molecular complexity index is 772. The first-order chi connectivity index (χ1) is 10.2. The molecule has 0 amide bonds. The molecule has 2 nitrogen and oxygen atoms in total. The van der Waals surface area contributed by atoms with E-state index in [2.05, 4.69) is 50.9 Å².